The largest absolute Gasteiger partial charge is 0.345 e. The maximum absolute atomic E-state index is 13.7. The van der Waals surface area contributed by atoms with Crippen LogP contribution in [0.3, 0.4) is 0 Å². The average molecular weight is 227 g/mol. The Morgan fingerprint density at radius 3 is 2.19 bits per heavy atom. The predicted octanol–water partition coefficient (Wildman–Crippen LogP) is 2.01. The molecule has 0 bridgehead atoms. The van der Waals surface area contributed by atoms with Crippen LogP contribution in [0.1, 0.15) is 19.4 Å². The maximum atomic E-state index is 13.7. The van der Waals surface area contributed by atoms with Crippen molar-refractivity contribution in [1.82, 2.24) is 0 Å². The summed E-state index contributed by atoms with van der Waals surface area (Å²) in [5.41, 5.74) is 6.01. The van der Waals surface area contributed by atoms with E-state index in [4.69, 9.17) is 15.2 Å². The van der Waals surface area contributed by atoms with Gasteiger partial charge in [-0.3, -0.25) is 0 Å². The number of ether oxygens (including phenoxy) is 2. The van der Waals surface area contributed by atoms with Crippen molar-refractivity contribution in [2.45, 2.75) is 19.6 Å². The molecule has 0 aliphatic heterocycles. The highest BCUT2D eigenvalue weighted by Gasteiger charge is 2.34. The summed E-state index contributed by atoms with van der Waals surface area (Å²) in [5.74, 6) is -1.54. The molecule has 16 heavy (non-hydrogen) atoms. The van der Waals surface area contributed by atoms with Crippen LogP contribution in [0.25, 0.3) is 0 Å². The summed E-state index contributed by atoms with van der Waals surface area (Å²) in [6.07, 6.45) is 0. The van der Waals surface area contributed by atoms with Gasteiger partial charge in [-0.25, -0.2) is 4.39 Å². The summed E-state index contributed by atoms with van der Waals surface area (Å²) >= 11 is 0. The fourth-order valence-corrected chi connectivity index (χ4v) is 1.66. The molecule has 0 radical (unpaired) electrons. The molecule has 0 spiro atoms. The third-order valence-electron chi connectivity index (χ3n) is 2.31. The lowest BCUT2D eigenvalue weighted by Gasteiger charge is -2.32. The molecule has 0 atom stereocenters. The van der Waals surface area contributed by atoms with Crippen LogP contribution in [-0.2, 0) is 15.3 Å². The number of nitrogens with two attached hydrogens (primary N) is 1. The van der Waals surface area contributed by atoms with E-state index in [0.717, 1.165) is 0 Å². The summed E-state index contributed by atoms with van der Waals surface area (Å²) < 4.78 is 24.7. The van der Waals surface area contributed by atoms with Crippen LogP contribution >= 0.6 is 0 Å². The van der Waals surface area contributed by atoms with Crippen molar-refractivity contribution in [2.24, 2.45) is 5.73 Å². The van der Waals surface area contributed by atoms with Gasteiger partial charge in [0.25, 0.3) is 0 Å². The maximum Gasteiger partial charge on any atom is 0.210 e. The molecule has 1 rings (SSSR count). The van der Waals surface area contributed by atoms with Crippen LogP contribution in [-0.4, -0.2) is 19.8 Å². The second-order valence-corrected chi connectivity index (χ2v) is 3.30. The van der Waals surface area contributed by atoms with Crippen molar-refractivity contribution >= 4 is 0 Å². The van der Waals surface area contributed by atoms with E-state index in [-0.39, 0.29) is 12.4 Å². The van der Waals surface area contributed by atoms with Crippen molar-refractivity contribution in [1.29, 1.82) is 0 Å². The fraction of sp³-hybridized carbons (Fsp3) is 0.500. The minimum Gasteiger partial charge on any atom is -0.345 e. The Labute approximate surface area is 95.4 Å². The summed E-state index contributed by atoms with van der Waals surface area (Å²) in [4.78, 5) is 0. The Kier molecular flexibility index (Phi) is 4.86. The lowest BCUT2D eigenvalue weighted by molar-refractivity contribution is -0.236. The van der Waals surface area contributed by atoms with E-state index in [1.165, 1.54) is 6.07 Å². The Morgan fingerprint density at radius 2 is 1.75 bits per heavy atom. The van der Waals surface area contributed by atoms with Gasteiger partial charge in [0.1, 0.15) is 5.82 Å². The fourth-order valence-electron chi connectivity index (χ4n) is 1.66. The summed E-state index contributed by atoms with van der Waals surface area (Å²) in [6.45, 7) is 4.54. The van der Waals surface area contributed by atoms with Gasteiger partial charge in [0.2, 0.25) is 5.79 Å². The zero-order valence-corrected chi connectivity index (χ0v) is 9.70. The van der Waals surface area contributed by atoms with E-state index >= 15 is 0 Å². The van der Waals surface area contributed by atoms with Crippen LogP contribution in [0.2, 0.25) is 0 Å². The number of halogens is 1. The van der Waals surface area contributed by atoms with Crippen molar-refractivity contribution < 1.29 is 13.9 Å². The molecule has 0 saturated heterocycles. The molecule has 4 heteroatoms. The molecule has 0 saturated carbocycles. The van der Waals surface area contributed by atoms with E-state index in [0.29, 0.717) is 18.8 Å². The van der Waals surface area contributed by atoms with Gasteiger partial charge in [-0.05, 0) is 19.9 Å². The molecule has 0 heterocycles. The minimum absolute atomic E-state index is 0.0790. The lowest BCUT2D eigenvalue weighted by Crippen LogP contribution is -2.41. The van der Waals surface area contributed by atoms with Crippen molar-refractivity contribution in [2.75, 3.05) is 19.8 Å². The average Bonchev–Trinajstić information content (AvgIpc) is 2.29. The molecule has 0 unspecified atom stereocenters. The zero-order valence-electron chi connectivity index (χ0n) is 9.70. The number of rotatable bonds is 6. The highest BCUT2D eigenvalue weighted by molar-refractivity contribution is 5.23. The van der Waals surface area contributed by atoms with Crippen LogP contribution in [0.15, 0.2) is 24.3 Å². The third kappa shape index (κ3) is 2.58. The number of hydrogen-bond acceptors (Lipinski definition) is 3. The molecule has 3 nitrogen and oxygen atoms in total. The molecular weight excluding hydrogens is 209 g/mol. The number of benzene rings is 1. The van der Waals surface area contributed by atoms with Crippen LogP contribution in [0, 0.1) is 5.82 Å². The van der Waals surface area contributed by atoms with Crippen LogP contribution in [0.4, 0.5) is 4.39 Å². The SMILES string of the molecule is CCOC(CN)(OCC)c1ccccc1F. The summed E-state index contributed by atoms with van der Waals surface area (Å²) in [7, 11) is 0. The molecule has 90 valence electrons. The first-order chi connectivity index (χ1) is 7.70. The Morgan fingerprint density at radius 1 is 1.19 bits per heavy atom. The molecule has 2 N–H and O–H groups in total. The first-order valence-electron chi connectivity index (χ1n) is 5.43. The smallest absolute Gasteiger partial charge is 0.210 e. The number of hydrogen-bond donors (Lipinski definition) is 1. The molecule has 0 aliphatic rings. The molecule has 0 aromatic heterocycles. The Bertz CT molecular complexity index is 325. The van der Waals surface area contributed by atoms with E-state index in [2.05, 4.69) is 0 Å². The summed E-state index contributed by atoms with van der Waals surface area (Å²) in [6, 6.07) is 6.37. The van der Waals surface area contributed by atoms with Crippen LogP contribution < -0.4 is 5.73 Å². The van der Waals surface area contributed by atoms with Gasteiger partial charge in [0.05, 0.1) is 6.54 Å². The van der Waals surface area contributed by atoms with Crippen molar-refractivity contribution in [3.63, 3.8) is 0 Å². The van der Waals surface area contributed by atoms with E-state index in [1.54, 1.807) is 18.2 Å². The second-order valence-electron chi connectivity index (χ2n) is 3.30. The van der Waals surface area contributed by atoms with Gasteiger partial charge in [-0.2, -0.15) is 0 Å². The second kappa shape index (κ2) is 5.94. The Balaban J connectivity index is 3.13. The first kappa shape index (κ1) is 13.1. The molecule has 0 amide bonds. The predicted molar refractivity (Wildman–Crippen MR) is 60.4 cm³/mol. The first-order valence-corrected chi connectivity index (χ1v) is 5.43. The van der Waals surface area contributed by atoms with Crippen LogP contribution in [0.5, 0.6) is 0 Å². The van der Waals surface area contributed by atoms with E-state index < -0.39 is 5.79 Å². The monoisotopic (exact) mass is 227 g/mol. The van der Waals surface area contributed by atoms with Gasteiger partial charge in [0, 0.05) is 18.8 Å². The molecule has 0 aliphatic carbocycles. The van der Waals surface area contributed by atoms with Crippen molar-refractivity contribution in [3.8, 4) is 0 Å². The topological polar surface area (TPSA) is 44.5 Å². The van der Waals surface area contributed by atoms with Gasteiger partial charge in [-0.1, -0.05) is 18.2 Å². The molecule has 1 aromatic rings. The van der Waals surface area contributed by atoms with Gasteiger partial charge in [-0.15, -0.1) is 0 Å². The molecular formula is C12H18FNO2. The van der Waals surface area contributed by atoms with Gasteiger partial charge < -0.3 is 15.2 Å². The molecule has 0 fully saturated rings. The minimum atomic E-state index is -1.17. The van der Waals surface area contributed by atoms with E-state index in [1.807, 2.05) is 13.8 Å². The third-order valence-corrected chi connectivity index (χ3v) is 2.31. The van der Waals surface area contributed by atoms with Gasteiger partial charge in [0.15, 0.2) is 0 Å². The highest BCUT2D eigenvalue weighted by atomic mass is 19.1. The highest BCUT2D eigenvalue weighted by Crippen LogP contribution is 2.28. The zero-order chi connectivity index (χ0) is 12.0. The normalized spacial score (nSPS) is 11.8. The molecule has 1 aromatic carbocycles. The van der Waals surface area contributed by atoms with Crippen molar-refractivity contribution in [3.05, 3.63) is 35.6 Å². The standard InChI is InChI=1S/C12H18FNO2/c1-3-15-12(9-14,16-4-2)10-7-5-6-8-11(10)13/h5-8H,3-4,9,14H2,1-2H3. The lowest BCUT2D eigenvalue weighted by atomic mass is 10.0. The Hall–Kier alpha value is -0.970. The summed E-state index contributed by atoms with van der Waals surface area (Å²) in [5, 5.41) is 0. The quantitative estimate of drug-likeness (QED) is 0.756. The van der Waals surface area contributed by atoms with E-state index in [9.17, 15) is 4.39 Å². The van der Waals surface area contributed by atoms with Gasteiger partial charge >= 0.3 is 0 Å².